The molecule has 2 aliphatic rings. The van der Waals surface area contributed by atoms with Gasteiger partial charge < -0.3 is 14.7 Å². The molecule has 0 bridgehead atoms. The molecule has 1 aromatic rings. The average molecular weight is 264 g/mol. The van der Waals surface area contributed by atoms with Crippen molar-refractivity contribution in [3.63, 3.8) is 0 Å². The molecule has 0 spiro atoms. The SMILES string of the molecule is CCN1CCCC1Cc1noc(C2CCNCC2)n1. The van der Waals surface area contributed by atoms with Crippen LogP contribution in [0.4, 0.5) is 0 Å². The molecule has 3 rings (SSSR count). The molecule has 0 radical (unpaired) electrons. The van der Waals surface area contributed by atoms with E-state index in [0.29, 0.717) is 12.0 Å². The highest BCUT2D eigenvalue weighted by atomic mass is 16.5. The van der Waals surface area contributed by atoms with E-state index in [1.54, 1.807) is 0 Å². The number of likely N-dealkylation sites (tertiary alicyclic amines) is 1. The summed E-state index contributed by atoms with van der Waals surface area (Å²) in [5.74, 6) is 2.23. The van der Waals surface area contributed by atoms with Gasteiger partial charge in [0.05, 0.1) is 0 Å². The summed E-state index contributed by atoms with van der Waals surface area (Å²) >= 11 is 0. The standard InChI is InChI=1S/C14H24N4O/c1-2-18-9-3-4-12(18)10-13-16-14(19-17-13)11-5-7-15-8-6-11/h11-12,15H,2-10H2,1H3. The van der Waals surface area contributed by atoms with Gasteiger partial charge >= 0.3 is 0 Å². The van der Waals surface area contributed by atoms with Crippen LogP contribution in [0, 0.1) is 0 Å². The van der Waals surface area contributed by atoms with Crippen LogP contribution in [0.5, 0.6) is 0 Å². The minimum atomic E-state index is 0.466. The summed E-state index contributed by atoms with van der Waals surface area (Å²) in [6.45, 7) is 6.71. The normalized spacial score (nSPS) is 26.1. The van der Waals surface area contributed by atoms with Gasteiger partial charge in [0, 0.05) is 18.4 Å². The van der Waals surface area contributed by atoms with Gasteiger partial charge in [-0.3, -0.25) is 0 Å². The third kappa shape index (κ3) is 2.98. The predicted molar refractivity (Wildman–Crippen MR) is 73.1 cm³/mol. The van der Waals surface area contributed by atoms with Crippen molar-refractivity contribution in [1.82, 2.24) is 20.4 Å². The molecule has 5 nitrogen and oxygen atoms in total. The molecule has 0 saturated carbocycles. The third-order valence-electron chi connectivity index (χ3n) is 4.50. The van der Waals surface area contributed by atoms with Gasteiger partial charge in [-0.1, -0.05) is 12.1 Å². The molecular formula is C14H24N4O. The first-order valence-electron chi connectivity index (χ1n) is 7.64. The van der Waals surface area contributed by atoms with E-state index in [1.165, 1.54) is 19.4 Å². The molecular weight excluding hydrogens is 240 g/mol. The molecule has 0 amide bonds. The second-order valence-corrected chi connectivity index (χ2v) is 5.70. The Labute approximate surface area is 114 Å². The number of likely N-dealkylation sites (N-methyl/N-ethyl adjacent to an activating group) is 1. The highest BCUT2D eigenvalue weighted by Crippen LogP contribution is 2.25. The van der Waals surface area contributed by atoms with Crippen molar-refractivity contribution < 1.29 is 4.52 Å². The maximum absolute atomic E-state index is 5.48. The molecule has 2 aliphatic heterocycles. The summed E-state index contributed by atoms with van der Waals surface area (Å²) < 4.78 is 5.48. The Hall–Kier alpha value is -0.940. The number of hydrogen-bond donors (Lipinski definition) is 1. The Kier molecular flexibility index (Phi) is 4.13. The quantitative estimate of drug-likeness (QED) is 0.894. The first kappa shape index (κ1) is 13.1. The smallest absolute Gasteiger partial charge is 0.229 e. The lowest BCUT2D eigenvalue weighted by molar-refractivity contribution is 0.260. The monoisotopic (exact) mass is 264 g/mol. The zero-order valence-electron chi connectivity index (χ0n) is 11.8. The van der Waals surface area contributed by atoms with Crippen LogP contribution in [0.2, 0.25) is 0 Å². The van der Waals surface area contributed by atoms with Gasteiger partial charge in [0.15, 0.2) is 5.82 Å². The Morgan fingerprint density at radius 2 is 2.16 bits per heavy atom. The topological polar surface area (TPSA) is 54.2 Å². The lowest BCUT2D eigenvalue weighted by atomic mass is 9.98. The van der Waals surface area contributed by atoms with Gasteiger partial charge in [0.2, 0.25) is 5.89 Å². The maximum Gasteiger partial charge on any atom is 0.229 e. The summed E-state index contributed by atoms with van der Waals surface area (Å²) in [5, 5.41) is 7.56. The Morgan fingerprint density at radius 1 is 1.32 bits per heavy atom. The molecule has 2 saturated heterocycles. The van der Waals surface area contributed by atoms with Crippen molar-refractivity contribution in [2.45, 2.75) is 51.0 Å². The summed E-state index contributed by atoms with van der Waals surface area (Å²) in [4.78, 5) is 7.16. The van der Waals surface area contributed by atoms with E-state index in [0.717, 1.165) is 50.6 Å². The Bertz CT molecular complexity index is 400. The molecule has 3 heterocycles. The van der Waals surface area contributed by atoms with Crippen LogP contribution in [0.1, 0.15) is 50.2 Å². The minimum absolute atomic E-state index is 0.466. The highest BCUT2D eigenvalue weighted by Gasteiger charge is 2.26. The van der Waals surface area contributed by atoms with E-state index < -0.39 is 0 Å². The molecule has 0 aliphatic carbocycles. The summed E-state index contributed by atoms with van der Waals surface area (Å²) in [6, 6.07) is 0.614. The van der Waals surface area contributed by atoms with Crippen LogP contribution in [-0.2, 0) is 6.42 Å². The molecule has 5 heteroatoms. The summed E-state index contributed by atoms with van der Waals surface area (Å²) in [6.07, 6.45) is 5.75. The van der Waals surface area contributed by atoms with Crippen molar-refractivity contribution in [1.29, 1.82) is 0 Å². The van der Waals surface area contributed by atoms with Crippen LogP contribution >= 0.6 is 0 Å². The van der Waals surface area contributed by atoms with E-state index in [4.69, 9.17) is 4.52 Å². The molecule has 0 aromatic carbocycles. The van der Waals surface area contributed by atoms with Gasteiger partial charge in [0.25, 0.3) is 0 Å². The van der Waals surface area contributed by atoms with Crippen LogP contribution in [0.25, 0.3) is 0 Å². The van der Waals surface area contributed by atoms with E-state index >= 15 is 0 Å². The first-order chi connectivity index (χ1) is 9.36. The largest absolute Gasteiger partial charge is 0.339 e. The second-order valence-electron chi connectivity index (χ2n) is 5.70. The van der Waals surface area contributed by atoms with Crippen LogP contribution < -0.4 is 5.32 Å². The number of hydrogen-bond acceptors (Lipinski definition) is 5. The maximum atomic E-state index is 5.48. The van der Waals surface area contributed by atoms with Gasteiger partial charge in [-0.2, -0.15) is 4.98 Å². The molecule has 1 N–H and O–H groups in total. The van der Waals surface area contributed by atoms with Gasteiger partial charge in [0.1, 0.15) is 0 Å². The zero-order chi connectivity index (χ0) is 13.1. The van der Waals surface area contributed by atoms with Crippen molar-refractivity contribution >= 4 is 0 Å². The van der Waals surface area contributed by atoms with E-state index in [1.807, 2.05) is 0 Å². The summed E-state index contributed by atoms with van der Waals surface area (Å²) in [5.41, 5.74) is 0. The Morgan fingerprint density at radius 3 is 2.95 bits per heavy atom. The average Bonchev–Trinajstić information content (AvgIpc) is 3.09. The van der Waals surface area contributed by atoms with Gasteiger partial charge in [-0.05, 0) is 51.9 Å². The van der Waals surface area contributed by atoms with Crippen molar-refractivity contribution in [3.8, 4) is 0 Å². The lowest BCUT2D eigenvalue weighted by Crippen LogP contribution is -2.31. The minimum Gasteiger partial charge on any atom is -0.339 e. The van der Waals surface area contributed by atoms with Crippen molar-refractivity contribution in [2.24, 2.45) is 0 Å². The first-order valence-corrected chi connectivity index (χ1v) is 7.64. The number of rotatable bonds is 4. The molecule has 2 fully saturated rings. The molecule has 1 aromatic heterocycles. The number of aromatic nitrogens is 2. The van der Waals surface area contributed by atoms with Crippen LogP contribution in [-0.4, -0.2) is 47.3 Å². The third-order valence-corrected chi connectivity index (χ3v) is 4.50. The second kappa shape index (κ2) is 6.01. The number of nitrogens with zero attached hydrogens (tertiary/aromatic N) is 3. The van der Waals surface area contributed by atoms with Gasteiger partial charge in [-0.15, -0.1) is 0 Å². The van der Waals surface area contributed by atoms with Crippen LogP contribution in [0.3, 0.4) is 0 Å². The summed E-state index contributed by atoms with van der Waals surface area (Å²) in [7, 11) is 0. The molecule has 1 unspecified atom stereocenters. The predicted octanol–water partition coefficient (Wildman–Crippen LogP) is 1.56. The van der Waals surface area contributed by atoms with Crippen LogP contribution in [0.15, 0.2) is 4.52 Å². The van der Waals surface area contributed by atoms with Gasteiger partial charge in [-0.25, -0.2) is 0 Å². The number of nitrogens with one attached hydrogen (secondary N) is 1. The fourth-order valence-electron chi connectivity index (χ4n) is 3.34. The lowest BCUT2D eigenvalue weighted by Gasteiger charge is -2.21. The molecule has 1 atom stereocenters. The van der Waals surface area contributed by atoms with Crippen molar-refractivity contribution in [3.05, 3.63) is 11.7 Å². The van der Waals surface area contributed by atoms with E-state index in [9.17, 15) is 0 Å². The molecule has 106 valence electrons. The van der Waals surface area contributed by atoms with E-state index in [2.05, 4.69) is 27.3 Å². The molecule has 19 heavy (non-hydrogen) atoms. The van der Waals surface area contributed by atoms with E-state index in [-0.39, 0.29) is 0 Å². The Balaban J connectivity index is 1.61. The zero-order valence-corrected chi connectivity index (χ0v) is 11.8. The fourth-order valence-corrected chi connectivity index (χ4v) is 3.34. The number of piperidine rings is 1. The highest BCUT2D eigenvalue weighted by molar-refractivity contribution is 4.98. The van der Waals surface area contributed by atoms with Crippen molar-refractivity contribution in [2.75, 3.05) is 26.2 Å². The fraction of sp³-hybridized carbons (Fsp3) is 0.857.